The number of hydrogen-bond acceptors (Lipinski definition) is 3. The van der Waals surface area contributed by atoms with Crippen molar-refractivity contribution >= 4 is 12.0 Å². The maximum absolute atomic E-state index is 12.2. The molecule has 1 N–H and O–H groups in total. The van der Waals surface area contributed by atoms with E-state index in [1.165, 1.54) is 0 Å². The highest BCUT2D eigenvalue weighted by molar-refractivity contribution is 5.93. The van der Waals surface area contributed by atoms with Crippen LogP contribution in [0.1, 0.15) is 35.9 Å². The Morgan fingerprint density at radius 1 is 1.33 bits per heavy atom. The predicted molar refractivity (Wildman–Crippen MR) is 79.2 cm³/mol. The zero-order valence-electron chi connectivity index (χ0n) is 12.9. The SMILES string of the molecule is CCOC(=O)N1CCC(NC(=O)c2ccc(C)n2C)CC1. The summed E-state index contributed by atoms with van der Waals surface area (Å²) in [5, 5.41) is 3.04. The molecule has 1 aliphatic heterocycles. The maximum Gasteiger partial charge on any atom is 0.409 e. The fourth-order valence-corrected chi connectivity index (χ4v) is 2.52. The molecule has 6 nitrogen and oxygen atoms in total. The van der Waals surface area contributed by atoms with E-state index in [1.54, 1.807) is 11.8 Å². The van der Waals surface area contributed by atoms with Crippen LogP contribution in [-0.4, -0.2) is 47.2 Å². The van der Waals surface area contributed by atoms with E-state index >= 15 is 0 Å². The average Bonchev–Trinajstić information content (AvgIpc) is 2.80. The highest BCUT2D eigenvalue weighted by Crippen LogP contribution is 2.13. The second-order valence-corrected chi connectivity index (χ2v) is 5.35. The highest BCUT2D eigenvalue weighted by atomic mass is 16.6. The van der Waals surface area contributed by atoms with Crippen LogP contribution in [-0.2, 0) is 11.8 Å². The van der Waals surface area contributed by atoms with Crippen LogP contribution in [0.25, 0.3) is 0 Å². The molecule has 1 aromatic rings. The third kappa shape index (κ3) is 3.56. The Labute approximate surface area is 125 Å². The first-order chi connectivity index (χ1) is 10.0. The number of carbonyl (C=O) groups excluding carboxylic acids is 2. The lowest BCUT2D eigenvalue weighted by atomic mass is 10.1. The normalized spacial score (nSPS) is 15.9. The van der Waals surface area contributed by atoms with Crippen LogP contribution in [0, 0.1) is 6.92 Å². The minimum absolute atomic E-state index is 0.0554. The number of likely N-dealkylation sites (tertiary alicyclic amines) is 1. The van der Waals surface area contributed by atoms with Crippen LogP contribution in [0.3, 0.4) is 0 Å². The van der Waals surface area contributed by atoms with Crippen LogP contribution < -0.4 is 5.32 Å². The van der Waals surface area contributed by atoms with Gasteiger partial charge in [-0.25, -0.2) is 4.79 Å². The number of carbonyl (C=O) groups is 2. The van der Waals surface area contributed by atoms with Crippen LogP contribution in [0.2, 0.25) is 0 Å². The van der Waals surface area contributed by atoms with Gasteiger partial charge in [-0.1, -0.05) is 0 Å². The predicted octanol–water partition coefficient (Wildman–Crippen LogP) is 1.68. The summed E-state index contributed by atoms with van der Waals surface area (Å²) in [4.78, 5) is 25.5. The molecule has 1 aromatic heterocycles. The van der Waals surface area contributed by atoms with Crippen LogP contribution in [0.15, 0.2) is 12.1 Å². The lowest BCUT2D eigenvalue weighted by Crippen LogP contribution is -2.47. The van der Waals surface area contributed by atoms with E-state index in [4.69, 9.17) is 4.74 Å². The van der Waals surface area contributed by atoms with E-state index in [9.17, 15) is 9.59 Å². The van der Waals surface area contributed by atoms with E-state index in [-0.39, 0.29) is 18.0 Å². The Kier molecular flexibility index (Phi) is 4.88. The van der Waals surface area contributed by atoms with Gasteiger partial charge in [0.05, 0.1) is 6.61 Å². The average molecular weight is 293 g/mol. The molecule has 2 heterocycles. The molecular weight excluding hydrogens is 270 g/mol. The largest absolute Gasteiger partial charge is 0.450 e. The van der Waals surface area contributed by atoms with Crippen molar-refractivity contribution in [1.82, 2.24) is 14.8 Å². The summed E-state index contributed by atoms with van der Waals surface area (Å²) < 4.78 is 6.86. The minimum Gasteiger partial charge on any atom is -0.450 e. The first kappa shape index (κ1) is 15.4. The maximum atomic E-state index is 12.2. The van der Waals surface area contributed by atoms with Gasteiger partial charge < -0.3 is 19.5 Å². The Morgan fingerprint density at radius 3 is 2.52 bits per heavy atom. The van der Waals surface area contributed by atoms with E-state index in [0.717, 1.165) is 18.5 Å². The van der Waals surface area contributed by atoms with Crippen molar-refractivity contribution in [1.29, 1.82) is 0 Å². The summed E-state index contributed by atoms with van der Waals surface area (Å²) in [5.74, 6) is -0.0554. The van der Waals surface area contributed by atoms with E-state index in [2.05, 4.69) is 5.32 Å². The fourth-order valence-electron chi connectivity index (χ4n) is 2.52. The van der Waals surface area contributed by atoms with Gasteiger partial charge in [0.15, 0.2) is 0 Å². The van der Waals surface area contributed by atoms with Gasteiger partial charge in [0, 0.05) is 31.9 Å². The number of nitrogens with one attached hydrogen (secondary N) is 1. The lowest BCUT2D eigenvalue weighted by molar-refractivity contribution is 0.0854. The van der Waals surface area contributed by atoms with Crippen molar-refractivity contribution in [2.45, 2.75) is 32.7 Å². The van der Waals surface area contributed by atoms with Gasteiger partial charge in [0.25, 0.3) is 5.91 Å². The minimum atomic E-state index is -0.264. The quantitative estimate of drug-likeness (QED) is 0.922. The van der Waals surface area contributed by atoms with Crippen molar-refractivity contribution in [3.8, 4) is 0 Å². The standard InChI is InChI=1S/C15H23N3O3/c1-4-21-15(20)18-9-7-12(8-10-18)16-14(19)13-6-5-11(2)17(13)3/h5-6,12H,4,7-10H2,1-3H3,(H,16,19). The van der Waals surface area contributed by atoms with Crippen LogP contribution >= 0.6 is 0 Å². The number of piperidine rings is 1. The molecular formula is C15H23N3O3. The number of amides is 2. The summed E-state index contributed by atoms with van der Waals surface area (Å²) >= 11 is 0. The lowest BCUT2D eigenvalue weighted by Gasteiger charge is -2.31. The molecule has 0 unspecified atom stereocenters. The van der Waals surface area contributed by atoms with Gasteiger partial charge in [-0.15, -0.1) is 0 Å². The first-order valence-electron chi connectivity index (χ1n) is 7.37. The van der Waals surface area contributed by atoms with Gasteiger partial charge in [-0.2, -0.15) is 0 Å². The topological polar surface area (TPSA) is 63.6 Å². The Balaban J connectivity index is 1.85. The van der Waals surface area contributed by atoms with Crippen LogP contribution in [0.4, 0.5) is 4.79 Å². The molecule has 1 aliphatic rings. The molecule has 1 fully saturated rings. The van der Waals surface area contributed by atoms with Gasteiger partial charge in [-0.3, -0.25) is 4.79 Å². The Bertz CT molecular complexity index is 516. The Morgan fingerprint density at radius 2 is 2.00 bits per heavy atom. The van der Waals surface area contributed by atoms with Crippen molar-refractivity contribution in [2.75, 3.05) is 19.7 Å². The van der Waals surface area contributed by atoms with Gasteiger partial charge in [0.2, 0.25) is 0 Å². The number of rotatable bonds is 3. The molecule has 2 rings (SSSR count). The number of ether oxygens (including phenoxy) is 1. The second-order valence-electron chi connectivity index (χ2n) is 5.35. The van der Waals surface area contributed by atoms with Gasteiger partial charge in [0.1, 0.15) is 5.69 Å². The molecule has 116 valence electrons. The molecule has 0 spiro atoms. The van der Waals surface area contributed by atoms with Crippen molar-refractivity contribution < 1.29 is 14.3 Å². The summed E-state index contributed by atoms with van der Waals surface area (Å²) in [7, 11) is 1.88. The number of aromatic nitrogens is 1. The highest BCUT2D eigenvalue weighted by Gasteiger charge is 2.25. The number of hydrogen-bond donors (Lipinski definition) is 1. The van der Waals surface area contributed by atoms with E-state index < -0.39 is 0 Å². The Hall–Kier alpha value is -1.98. The zero-order valence-corrected chi connectivity index (χ0v) is 12.9. The fraction of sp³-hybridized carbons (Fsp3) is 0.600. The molecule has 0 bridgehead atoms. The van der Waals surface area contributed by atoms with Crippen molar-refractivity contribution in [2.24, 2.45) is 7.05 Å². The molecule has 0 radical (unpaired) electrons. The third-order valence-corrected chi connectivity index (χ3v) is 3.96. The monoisotopic (exact) mass is 293 g/mol. The molecule has 0 aromatic carbocycles. The molecule has 2 amide bonds. The molecule has 0 saturated carbocycles. The second kappa shape index (κ2) is 6.65. The molecule has 6 heteroatoms. The van der Waals surface area contributed by atoms with Crippen molar-refractivity contribution in [3.63, 3.8) is 0 Å². The van der Waals surface area contributed by atoms with E-state index in [0.29, 0.717) is 25.4 Å². The summed E-state index contributed by atoms with van der Waals surface area (Å²) in [6.07, 6.45) is 1.25. The van der Waals surface area contributed by atoms with Gasteiger partial charge >= 0.3 is 6.09 Å². The van der Waals surface area contributed by atoms with Crippen LogP contribution in [0.5, 0.6) is 0 Å². The molecule has 1 saturated heterocycles. The molecule has 21 heavy (non-hydrogen) atoms. The van der Waals surface area contributed by atoms with Crippen molar-refractivity contribution in [3.05, 3.63) is 23.5 Å². The molecule has 0 aliphatic carbocycles. The smallest absolute Gasteiger partial charge is 0.409 e. The number of nitrogens with zero attached hydrogens (tertiary/aromatic N) is 2. The third-order valence-electron chi connectivity index (χ3n) is 3.96. The first-order valence-corrected chi connectivity index (χ1v) is 7.37. The summed E-state index contributed by atoms with van der Waals surface area (Å²) in [5.41, 5.74) is 1.72. The van der Waals surface area contributed by atoms with E-state index in [1.807, 2.05) is 30.7 Å². The summed E-state index contributed by atoms with van der Waals surface area (Å²) in [6, 6.07) is 3.87. The number of aryl methyl sites for hydroxylation is 1. The van der Waals surface area contributed by atoms with Gasteiger partial charge in [-0.05, 0) is 38.8 Å². The zero-order chi connectivity index (χ0) is 15.4. The molecule has 0 atom stereocenters. The summed E-state index contributed by atoms with van der Waals surface area (Å²) in [6.45, 7) is 5.40.